The van der Waals surface area contributed by atoms with Gasteiger partial charge >= 0.3 is 0 Å². The molecule has 1 saturated carbocycles. The first kappa shape index (κ1) is 11.4. The maximum absolute atomic E-state index is 11.9. The van der Waals surface area contributed by atoms with Crippen molar-refractivity contribution in [2.75, 3.05) is 18.8 Å². The van der Waals surface area contributed by atoms with Crippen molar-refractivity contribution >= 4 is 11.6 Å². The summed E-state index contributed by atoms with van der Waals surface area (Å²) in [4.78, 5) is 13.8. The second-order valence-electron chi connectivity index (χ2n) is 5.16. The van der Waals surface area contributed by atoms with Crippen molar-refractivity contribution in [1.29, 1.82) is 0 Å². The van der Waals surface area contributed by atoms with Crippen molar-refractivity contribution in [2.45, 2.75) is 25.4 Å². The Morgan fingerprint density at radius 2 is 1.94 bits per heavy atom. The maximum atomic E-state index is 11.9. The minimum atomic E-state index is 0.122. The zero-order valence-electron chi connectivity index (χ0n) is 10.3. The first-order valence-electron chi connectivity index (χ1n) is 6.53. The Morgan fingerprint density at radius 1 is 1.22 bits per heavy atom. The Balaban J connectivity index is 1.55. The smallest absolute Gasteiger partial charge is 0.225 e. The van der Waals surface area contributed by atoms with Crippen LogP contribution in [0.25, 0.3) is 0 Å². The second kappa shape index (κ2) is 4.52. The predicted molar refractivity (Wildman–Crippen MR) is 69.2 cm³/mol. The van der Waals surface area contributed by atoms with Crippen LogP contribution in [0.4, 0.5) is 5.69 Å². The highest BCUT2D eigenvalue weighted by molar-refractivity contribution is 5.81. The Bertz CT molecular complexity index is 440. The van der Waals surface area contributed by atoms with Crippen LogP contribution in [0.2, 0.25) is 0 Å². The first-order chi connectivity index (χ1) is 8.72. The van der Waals surface area contributed by atoms with E-state index in [0.717, 1.165) is 43.8 Å². The van der Waals surface area contributed by atoms with Crippen LogP contribution in [-0.2, 0) is 4.79 Å². The summed E-state index contributed by atoms with van der Waals surface area (Å²) < 4.78 is 5.86. The molecule has 2 fully saturated rings. The van der Waals surface area contributed by atoms with E-state index in [-0.39, 0.29) is 6.10 Å². The number of nitrogen functional groups attached to an aromatic ring is 1. The highest BCUT2D eigenvalue weighted by Crippen LogP contribution is 2.32. The minimum absolute atomic E-state index is 0.122. The van der Waals surface area contributed by atoms with Crippen molar-refractivity contribution < 1.29 is 9.53 Å². The molecular formula is C14H18N2O2. The third kappa shape index (κ3) is 2.42. The van der Waals surface area contributed by atoms with Gasteiger partial charge in [-0.15, -0.1) is 0 Å². The van der Waals surface area contributed by atoms with Crippen LogP contribution in [0.1, 0.15) is 19.3 Å². The largest absolute Gasteiger partial charge is 0.489 e. The Labute approximate surface area is 107 Å². The fourth-order valence-electron chi connectivity index (χ4n) is 2.35. The number of nitrogens with zero attached hydrogens (tertiary/aromatic N) is 1. The van der Waals surface area contributed by atoms with Gasteiger partial charge in [-0.3, -0.25) is 4.79 Å². The summed E-state index contributed by atoms with van der Waals surface area (Å²) in [5.41, 5.74) is 6.36. The summed E-state index contributed by atoms with van der Waals surface area (Å²) >= 11 is 0. The zero-order chi connectivity index (χ0) is 12.5. The molecule has 0 bridgehead atoms. The molecule has 1 aromatic carbocycles. The van der Waals surface area contributed by atoms with Gasteiger partial charge in [0.2, 0.25) is 5.91 Å². The van der Waals surface area contributed by atoms with E-state index in [1.54, 1.807) is 0 Å². The van der Waals surface area contributed by atoms with Gasteiger partial charge in [-0.05, 0) is 37.1 Å². The number of carbonyl (C=O) groups excluding carboxylic acids is 1. The van der Waals surface area contributed by atoms with Gasteiger partial charge in [-0.25, -0.2) is 0 Å². The average Bonchev–Trinajstić information content (AvgIpc) is 3.12. The molecule has 18 heavy (non-hydrogen) atoms. The first-order valence-corrected chi connectivity index (χ1v) is 6.53. The van der Waals surface area contributed by atoms with Gasteiger partial charge in [0.05, 0.1) is 6.54 Å². The van der Waals surface area contributed by atoms with Gasteiger partial charge in [0, 0.05) is 24.6 Å². The molecule has 2 N–H and O–H groups in total. The lowest BCUT2D eigenvalue weighted by Gasteiger charge is -2.17. The molecule has 1 aliphatic carbocycles. The number of amides is 1. The number of benzene rings is 1. The van der Waals surface area contributed by atoms with E-state index in [1.807, 2.05) is 29.2 Å². The second-order valence-corrected chi connectivity index (χ2v) is 5.16. The van der Waals surface area contributed by atoms with E-state index in [4.69, 9.17) is 10.5 Å². The summed E-state index contributed by atoms with van der Waals surface area (Å²) in [6.07, 6.45) is 3.18. The quantitative estimate of drug-likeness (QED) is 0.825. The highest BCUT2D eigenvalue weighted by atomic mass is 16.5. The van der Waals surface area contributed by atoms with Crippen molar-refractivity contribution in [3.63, 3.8) is 0 Å². The number of likely N-dealkylation sites (tertiary alicyclic amines) is 1. The van der Waals surface area contributed by atoms with E-state index in [9.17, 15) is 4.79 Å². The number of carbonyl (C=O) groups is 1. The number of ether oxygens (including phenoxy) is 1. The molecule has 4 nitrogen and oxygen atoms in total. The highest BCUT2D eigenvalue weighted by Gasteiger charge is 2.37. The van der Waals surface area contributed by atoms with Crippen LogP contribution >= 0.6 is 0 Å². The van der Waals surface area contributed by atoms with Gasteiger partial charge in [-0.2, -0.15) is 0 Å². The molecule has 0 spiro atoms. The summed E-state index contributed by atoms with van der Waals surface area (Å²) in [5.74, 6) is 1.45. The Hall–Kier alpha value is -1.71. The van der Waals surface area contributed by atoms with E-state index in [1.165, 1.54) is 0 Å². The van der Waals surface area contributed by atoms with Gasteiger partial charge in [0.25, 0.3) is 0 Å². The Kier molecular flexibility index (Phi) is 2.86. The van der Waals surface area contributed by atoms with E-state index in [0.29, 0.717) is 11.8 Å². The SMILES string of the molecule is Nc1ccc(OC2CCN(C(=O)C3CC3)C2)cc1. The molecule has 1 unspecified atom stereocenters. The van der Waals surface area contributed by atoms with Crippen LogP contribution in [-0.4, -0.2) is 30.0 Å². The van der Waals surface area contributed by atoms with Crippen molar-refractivity contribution in [3.8, 4) is 5.75 Å². The number of anilines is 1. The van der Waals surface area contributed by atoms with E-state index < -0.39 is 0 Å². The summed E-state index contributed by atoms with van der Waals surface area (Å²) in [6.45, 7) is 1.55. The normalized spacial score (nSPS) is 23.1. The molecule has 0 radical (unpaired) electrons. The minimum Gasteiger partial charge on any atom is -0.489 e. The monoisotopic (exact) mass is 246 g/mol. The van der Waals surface area contributed by atoms with Gasteiger partial charge in [0.15, 0.2) is 0 Å². The van der Waals surface area contributed by atoms with Gasteiger partial charge in [0.1, 0.15) is 11.9 Å². The summed E-state index contributed by atoms with van der Waals surface area (Å²) in [6, 6.07) is 7.41. The lowest BCUT2D eigenvalue weighted by atomic mass is 10.3. The molecule has 1 aromatic rings. The molecule has 1 heterocycles. The lowest BCUT2D eigenvalue weighted by Crippen LogP contribution is -2.31. The Morgan fingerprint density at radius 3 is 2.61 bits per heavy atom. The van der Waals surface area contributed by atoms with E-state index in [2.05, 4.69) is 0 Å². The zero-order valence-corrected chi connectivity index (χ0v) is 10.3. The molecule has 4 heteroatoms. The molecule has 1 saturated heterocycles. The fraction of sp³-hybridized carbons (Fsp3) is 0.500. The fourth-order valence-corrected chi connectivity index (χ4v) is 2.35. The van der Waals surface area contributed by atoms with Crippen LogP contribution in [0.15, 0.2) is 24.3 Å². The van der Waals surface area contributed by atoms with Crippen LogP contribution < -0.4 is 10.5 Å². The number of hydrogen-bond acceptors (Lipinski definition) is 3. The van der Waals surface area contributed by atoms with Crippen LogP contribution in [0.3, 0.4) is 0 Å². The molecule has 0 aromatic heterocycles. The van der Waals surface area contributed by atoms with Crippen LogP contribution in [0, 0.1) is 5.92 Å². The third-order valence-electron chi connectivity index (χ3n) is 3.57. The molecule has 2 aliphatic rings. The third-order valence-corrected chi connectivity index (χ3v) is 3.57. The molecule has 1 amide bonds. The topological polar surface area (TPSA) is 55.6 Å². The molecule has 3 rings (SSSR count). The number of nitrogens with two attached hydrogens (primary N) is 1. The molecule has 1 aliphatic heterocycles. The number of hydrogen-bond donors (Lipinski definition) is 1. The molecular weight excluding hydrogens is 228 g/mol. The lowest BCUT2D eigenvalue weighted by molar-refractivity contribution is -0.131. The van der Waals surface area contributed by atoms with Gasteiger partial charge < -0.3 is 15.4 Å². The standard InChI is InChI=1S/C14H18N2O2/c15-11-3-5-12(6-4-11)18-13-7-8-16(9-13)14(17)10-1-2-10/h3-6,10,13H,1-2,7-9,15H2. The summed E-state index contributed by atoms with van der Waals surface area (Å²) in [5, 5.41) is 0. The van der Waals surface area contributed by atoms with Crippen molar-refractivity contribution in [1.82, 2.24) is 4.90 Å². The predicted octanol–water partition coefficient (Wildman–Crippen LogP) is 1.66. The van der Waals surface area contributed by atoms with Crippen molar-refractivity contribution in [3.05, 3.63) is 24.3 Å². The van der Waals surface area contributed by atoms with Crippen molar-refractivity contribution in [2.24, 2.45) is 5.92 Å². The number of rotatable bonds is 3. The van der Waals surface area contributed by atoms with Crippen LogP contribution in [0.5, 0.6) is 5.75 Å². The molecule has 1 atom stereocenters. The maximum Gasteiger partial charge on any atom is 0.225 e. The van der Waals surface area contributed by atoms with Gasteiger partial charge in [-0.1, -0.05) is 0 Å². The van der Waals surface area contributed by atoms with E-state index >= 15 is 0 Å². The molecule has 96 valence electrons. The average molecular weight is 246 g/mol. The summed E-state index contributed by atoms with van der Waals surface area (Å²) in [7, 11) is 0.